The van der Waals surface area contributed by atoms with E-state index >= 15 is 0 Å². The number of anilines is 1. The number of ether oxygens (including phenoxy) is 1. The Morgan fingerprint density at radius 3 is 2.59 bits per heavy atom. The number of nitrogens with two attached hydrogens (primary N) is 1. The summed E-state index contributed by atoms with van der Waals surface area (Å²) in [6, 6.07) is 14.2. The lowest BCUT2D eigenvalue weighted by atomic mass is 9.88. The zero-order valence-electron chi connectivity index (χ0n) is 12.2. The second-order valence-electron chi connectivity index (χ2n) is 5.16. The molecule has 0 aliphatic carbocycles. The van der Waals surface area contributed by atoms with Crippen molar-refractivity contribution in [3.63, 3.8) is 0 Å². The van der Waals surface area contributed by atoms with Crippen molar-refractivity contribution in [1.82, 2.24) is 0 Å². The molecule has 0 radical (unpaired) electrons. The Labute approximate surface area is 134 Å². The molecule has 0 spiro atoms. The quantitative estimate of drug-likeness (QED) is 0.882. The van der Waals surface area contributed by atoms with Gasteiger partial charge >= 0.3 is 0 Å². The van der Waals surface area contributed by atoms with E-state index in [0.29, 0.717) is 11.6 Å². The van der Waals surface area contributed by atoms with Crippen LogP contribution in [0.15, 0.2) is 48.5 Å². The van der Waals surface area contributed by atoms with Gasteiger partial charge < -0.3 is 15.4 Å². The minimum absolute atomic E-state index is 0.0888. The summed E-state index contributed by atoms with van der Waals surface area (Å²) in [5, 5.41) is 0.635. The minimum Gasteiger partial charge on any atom is -0.494 e. The average molecular weight is 317 g/mol. The van der Waals surface area contributed by atoms with Crippen molar-refractivity contribution in [2.45, 2.75) is 19.0 Å². The fourth-order valence-electron chi connectivity index (χ4n) is 2.72. The highest BCUT2D eigenvalue weighted by atomic mass is 35.5. The Hall–Kier alpha value is -2.04. The van der Waals surface area contributed by atoms with Crippen molar-refractivity contribution in [1.29, 1.82) is 0 Å². The molecule has 22 heavy (non-hydrogen) atoms. The van der Waals surface area contributed by atoms with Gasteiger partial charge in [0.1, 0.15) is 11.8 Å². The second kappa shape index (κ2) is 5.99. The summed E-state index contributed by atoms with van der Waals surface area (Å²) in [5.74, 6) is 0.692. The van der Waals surface area contributed by atoms with E-state index in [1.54, 1.807) is 11.0 Å². The maximum absolute atomic E-state index is 12.2. The Morgan fingerprint density at radius 2 is 1.95 bits per heavy atom. The van der Waals surface area contributed by atoms with E-state index in [1.165, 1.54) is 0 Å². The number of halogens is 1. The lowest BCUT2D eigenvalue weighted by molar-refractivity contribution is -0.126. The van der Waals surface area contributed by atoms with Crippen molar-refractivity contribution in [2.24, 2.45) is 5.73 Å². The maximum Gasteiger partial charge on any atom is 0.247 e. The number of hydrogen-bond donors (Lipinski definition) is 1. The van der Waals surface area contributed by atoms with Crippen LogP contribution in [0.1, 0.15) is 18.5 Å². The van der Waals surface area contributed by atoms with Crippen molar-refractivity contribution in [3.8, 4) is 5.75 Å². The molecule has 0 saturated carbocycles. The molecule has 1 aliphatic rings. The van der Waals surface area contributed by atoms with Crippen LogP contribution < -0.4 is 15.4 Å². The number of amides is 1. The van der Waals surface area contributed by atoms with Gasteiger partial charge in [0.2, 0.25) is 5.91 Å². The number of carbonyl (C=O) groups excluding carboxylic acids is 1. The minimum atomic E-state index is -0.537. The predicted octanol–water partition coefficient (Wildman–Crippen LogP) is 3.15. The summed E-state index contributed by atoms with van der Waals surface area (Å²) in [6.45, 7) is 2.54. The van der Waals surface area contributed by atoms with Crippen LogP contribution in [-0.2, 0) is 4.79 Å². The van der Waals surface area contributed by atoms with Gasteiger partial charge in [0.05, 0.1) is 12.6 Å². The van der Waals surface area contributed by atoms with Crippen molar-refractivity contribution < 1.29 is 9.53 Å². The molecule has 2 atom stereocenters. The Morgan fingerprint density at radius 1 is 1.23 bits per heavy atom. The van der Waals surface area contributed by atoms with Crippen LogP contribution in [0.4, 0.5) is 5.69 Å². The molecule has 2 unspecified atom stereocenters. The number of nitrogens with zero attached hydrogens (tertiary/aromatic N) is 1. The highest BCUT2D eigenvalue weighted by Gasteiger charge is 2.46. The van der Waals surface area contributed by atoms with Gasteiger partial charge in [0.25, 0.3) is 0 Å². The van der Waals surface area contributed by atoms with E-state index in [1.807, 2.05) is 49.4 Å². The molecule has 5 heteroatoms. The molecule has 1 fully saturated rings. The SMILES string of the molecule is CCOc1ccc(N2C(=O)C(N)C2c2cccc(Cl)c2)cc1. The van der Waals surface area contributed by atoms with E-state index in [4.69, 9.17) is 22.1 Å². The van der Waals surface area contributed by atoms with Gasteiger partial charge in [0, 0.05) is 10.7 Å². The van der Waals surface area contributed by atoms with Crippen LogP contribution in [0.5, 0.6) is 5.75 Å². The Kier molecular flexibility index (Phi) is 4.05. The summed E-state index contributed by atoms with van der Waals surface area (Å²) in [6.07, 6.45) is 0. The third-order valence-corrected chi connectivity index (χ3v) is 3.99. The van der Waals surface area contributed by atoms with Crippen molar-refractivity contribution in [2.75, 3.05) is 11.5 Å². The van der Waals surface area contributed by atoms with Crippen molar-refractivity contribution in [3.05, 3.63) is 59.1 Å². The van der Waals surface area contributed by atoms with E-state index in [0.717, 1.165) is 17.0 Å². The topological polar surface area (TPSA) is 55.6 Å². The number of carbonyl (C=O) groups is 1. The molecule has 0 aromatic heterocycles. The molecule has 2 aromatic rings. The van der Waals surface area contributed by atoms with Crippen LogP contribution in [0.2, 0.25) is 5.02 Å². The van der Waals surface area contributed by atoms with Crippen molar-refractivity contribution >= 4 is 23.2 Å². The smallest absolute Gasteiger partial charge is 0.247 e. The molecule has 1 amide bonds. The lowest BCUT2D eigenvalue weighted by Gasteiger charge is -2.45. The van der Waals surface area contributed by atoms with Crippen LogP contribution in [-0.4, -0.2) is 18.6 Å². The first-order chi connectivity index (χ1) is 10.6. The standard InChI is InChI=1S/C17H17ClN2O2/c1-2-22-14-8-6-13(7-9-14)20-16(15(19)17(20)21)11-4-3-5-12(18)10-11/h3-10,15-16H,2,19H2,1H3. The average Bonchev–Trinajstić information content (AvgIpc) is 2.53. The van der Waals surface area contributed by atoms with Gasteiger partial charge in [-0.15, -0.1) is 0 Å². The highest BCUT2D eigenvalue weighted by molar-refractivity contribution is 6.30. The van der Waals surface area contributed by atoms with Gasteiger partial charge in [0.15, 0.2) is 0 Å². The summed E-state index contributed by atoms with van der Waals surface area (Å²) in [5.41, 5.74) is 7.74. The van der Waals surface area contributed by atoms with Crippen LogP contribution in [0, 0.1) is 0 Å². The third-order valence-electron chi connectivity index (χ3n) is 3.76. The normalized spacial score (nSPS) is 20.7. The van der Waals surface area contributed by atoms with Gasteiger partial charge in [-0.3, -0.25) is 4.79 Å². The van der Waals surface area contributed by atoms with Gasteiger partial charge in [-0.2, -0.15) is 0 Å². The summed E-state index contributed by atoms with van der Waals surface area (Å²) < 4.78 is 5.42. The summed E-state index contributed by atoms with van der Waals surface area (Å²) in [7, 11) is 0. The maximum atomic E-state index is 12.2. The first kappa shape index (κ1) is 14.9. The number of benzene rings is 2. The van der Waals surface area contributed by atoms with Crippen LogP contribution in [0.25, 0.3) is 0 Å². The van der Waals surface area contributed by atoms with E-state index in [-0.39, 0.29) is 11.9 Å². The number of rotatable bonds is 4. The molecular formula is C17H17ClN2O2. The number of hydrogen-bond acceptors (Lipinski definition) is 3. The molecule has 4 nitrogen and oxygen atoms in total. The zero-order valence-corrected chi connectivity index (χ0v) is 13.0. The Balaban J connectivity index is 1.89. The largest absolute Gasteiger partial charge is 0.494 e. The van der Waals surface area contributed by atoms with Crippen LogP contribution >= 0.6 is 11.6 Å². The fourth-order valence-corrected chi connectivity index (χ4v) is 2.91. The molecule has 3 rings (SSSR count). The van der Waals surface area contributed by atoms with E-state index in [2.05, 4.69) is 0 Å². The summed E-state index contributed by atoms with van der Waals surface area (Å²) in [4.78, 5) is 13.9. The van der Waals surface area contributed by atoms with E-state index < -0.39 is 6.04 Å². The Bertz CT molecular complexity index is 687. The molecule has 2 N–H and O–H groups in total. The molecule has 2 aromatic carbocycles. The lowest BCUT2D eigenvalue weighted by Crippen LogP contribution is -2.63. The molecule has 114 valence electrons. The molecule has 1 aliphatic heterocycles. The monoisotopic (exact) mass is 316 g/mol. The first-order valence-corrected chi connectivity index (χ1v) is 7.56. The van der Waals surface area contributed by atoms with Gasteiger partial charge in [-0.25, -0.2) is 0 Å². The van der Waals surface area contributed by atoms with Crippen LogP contribution in [0.3, 0.4) is 0 Å². The van der Waals surface area contributed by atoms with Gasteiger partial charge in [-0.05, 0) is 48.9 Å². The van der Waals surface area contributed by atoms with Gasteiger partial charge in [-0.1, -0.05) is 23.7 Å². The highest BCUT2D eigenvalue weighted by Crippen LogP contribution is 2.39. The number of β-lactam (4-membered cyclic amide) rings is 1. The second-order valence-corrected chi connectivity index (χ2v) is 5.60. The third kappa shape index (κ3) is 2.56. The molecule has 0 bridgehead atoms. The molecular weight excluding hydrogens is 300 g/mol. The fraction of sp³-hybridized carbons (Fsp3) is 0.235. The predicted molar refractivity (Wildman–Crippen MR) is 87.3 cm³/mol. The molecule has 1 saturated heterocycles. The first-order valence-electron chi connectivity index (χ1n) is 7.19. The zero-order chi connectivity index (χ0) is 15.7. The summed E-state index contributed by atoms with van der Waals surface area (Å²) >= 11 is 6.04. The van der Waals surface area contributed by atoms with E-state index in [9.17, 15) is 4.79 Å². The molecule has 1 heterocycles.